The van der Waals surface area contributed by atoms with Crippen molar-refractivity contribution >= 4 is 11.6 Å². The van der Waals surface area contributed by atoms with Gasteiger partial charge in [0.1, 0.15) is 12.4 Å². The highest BCUT2D eigenvalue weighted by atomic mass is 19.4. The van der Waals surface area contributed by atoms with E-state index in [9.17, 15) is 18.0 Å². The summed E-state index contributed by atoms with van der Waals surface area (Å²) in [5, 5.41) is 11.1. The average molecular weight is 284 g/mol. The third-order valence-corrected chi connectivity index (χ3v) is 2.94. The first-order valence-electron chi connectivity index (χ1n) is 5.92. The van der Waals surface area contributed by atoms with E-state index in [4.69, 9.17) is 10.00 Å². The maximum atomic E-state index is 12.4. The first-order valence-corrected chi connectivity index (χ1v) is 5.92. The van der Waals surface area contributed by atoms with E-state index < -0.39 is 18.7 Å². The van der Waals surface area contributed by atoms with Crippen LogP contribution in [0.15, 0.2) is 18.2 Å². The second kappa shape index (κ2) is 5.41. The van der Waals surface area contributed by atoms with Crippen LogP contribution >= 0.6 is 0 Å². The Labute approximate surface area is 113 Å². The average Bonchev–Trinajstić information content (AvgIpc) is 2.38. The number of anilines is 1. The fraction of sp³-hybridized carbons (Fsp3) is 0.385. The highest BCUT2D eigenvalue weighted by Gasteiger charge is 2.40. The lowest BCUT2D eigenvalue weighted by atomic mass is 10.0. The van der Waals surface area contributed by atoms with Crippen molar-refractivity contribution in [2.45, 2.75) is 19.0 Å². The van der Waals surface area contributed by atoms with Gasteiger partial charge in [-0.2, -0.15) is 18.4 Å². The maximum absolute atomic E-state index is 12.4. The van der Waals surface area contributed by atoms with Crippen LogP contribution in [0.25, 0.3) is 0 Å². The van der Waals surface area contributed by atoms with E-state index >= 15 is 0 Å². The van der Waals surface area contributed by atoms with Gasteiger partial charge in [0.15, 0.2) is 5.92 Å². The molecule has 0 saturated heterocycles. The van der Waals surface area contributed by atoms with Crippen LogP contribution in [0.3, 0.4) is 0 Å². The molecule has 7 heteroatoms. The highest BCUT2D eigenvalue weighted by molar-refractivity contribution is 5.93. The third kappa shape index (κ3) is 3.20. The molecule has 106 valence electrons. The first kappa shape index (κ1) is 14.2. The number of carbonyl (C=O) groups excluding carboxylic acids is 1. The molecule has 1 atom stereocenters. The zero-order chi connectivity index (χ0) is 14.8. The molecule has 1 aliphatic heterocycles. The van der Waals surface area contributed by atoms with E-state index in [1.54, 1.807) is 12.1 Å². The minimum atomic E-state index is -4.60. The number of benzene rings is 1. The Hall–Kier alpha value is -2.23. The van der Waals surface area contributed by atoms with Crippen LogP contribution in [0.1, 0.15) is 12.0 Å². The van der Waals surface area contributed by atoms with Crippen LogP contribution in [0.2, 0.25) is 0 Å². The summed E-state index contributed by atoms with van der Waals surface area (Å²) in [6.45, 7) is -0.745. The fourth-order valence-corrected chi connectivity index (χ4v) is 1.83. The molecule has 1 aromatic rings. The summed E-state index contributed by atoms with van der Waals surface area (Å²) in [6, 6.07) is 5.80. The third-order valence-electron chi connectivity index (χ3n) is 2.94. The molecule has 0 saturated carbocycles. The topological polar surface area (TPSA) is 62.1 Å². The van der Waals surface area contributed by atoms with E-state index in [0.717, 1.165) is 5.56 Å². The van der Waals surface area contributed by atoms with E-state index in [1.165, 1.54) is 12.1 Å². The molecular weight excluding hydrogens is 273 g/mol. The molecule has 0 spiro atoms. The van der Waals surface area contributed by atoms with Gasteiger partial charge in [0.05, 0.1) is 6.07 Å². The number of aryl methyl sites for hydroxylation is 1. The lowest BCUT2D eigenvalue weighted by Gasteiger charge is -2.18. The van der Waals surface area contributed by atoms with Crippen LogP contribution in [-0.4, -0.2) is 18.7 Å². The van der Waals surface area contributed by atoms with Gasteiger partial charge in [-0.05, 0) is 30.2 Å². The van der Waals surface area contributed by atoms with Crippen LogP contribution in [-0.2, 0) is 11.2 Å². The normalized spacial score (nSPS) is 15.8. The molecule has 1 amide bonds. The number of nitrogens with one attached hydrogen (secondary N) is 1. The molecule has 1 aliphatic rings. The minimum Gasteiger partial charge on any atom is -0.492 e. The summed E-state index contributed by atoms with van der Waals surface area (Å²) in [7, 11) is 0. The van der Waals surface area contributed by atoms with Crippen LogP contribution in [0.4, 0.5) is 18.9 Å². The smallest absolute Gasteiger partial charge is 0.407 e. The number of fused-ring (bicyclic) bond motifs is 1. The number of amides is 1. The zero-order valence-corrected chi connectivity index (χ0v) is 10.3. The van der Waals surface area contributed by atoms with Crippen molar-refractivity contribution in [3.8, 4) is 11.8 Å². The van der Waals surface area contributed by atoms with Gasteiger partial charge in [-0.1, -0.05) is 0 Å². The number of alkyl halides is 3. The lowest BCUT2D eigenvalue weighted by Crippen LogP contribution is -2.27. The number of hydrogen-bond donors (Lipinski definition) is 1. The van der Waals surface area contributed by atoms with Gasteiger partial charge in [0.25, 0.3) is 0 Å². The summed E-state index contributed by atoms with van der Waals surface area (Å²) >= 11 is 0. The number of rotatable bonds is 3. The van der Waals surface area contributed by atoms with Gasteiger partial charge >= 0.3 is 6.18 Å². The monoisotopic (exact) mass is 284 g/mol. The molecule has 4 nitrogen and oxygen atoms in total. The van der Waals surface area contributed by atoms with Crippen molar-refractivity contribution in [2.75, 3.05) is 11.9 Å². The number of nitrogens with zero attached hydrogens (tertiary/aromatic N) is 1. The van der Waals surface area contributed by atoms with E-state index in [2.05, 4.69) is 5.32 Å². The van der Waals surface area contributed by atoms with Crippen molar-refractivity contribution in [1.82, 2.24) is 0 Å². The number of halogens is 3. The van der Waals surface area contributed by atoms with E-state index in [0.29, 0.717) is 18.5 Å². The molecule has 1 unspecified atom stereocenters. The van der Waals surface area contributed by atoms with Gasteiger partial charge in [-0.15, -0.1) is 0 Å². The first-order chi connectivity index (χ1) is 9.40. The molecule has 0 radical (unpaired) electrons. The second-order valence-corrected chi connectivity index (χ2v) is 4.40. The van der Waals surface area contributed by atoms with Crippen LogP contribution in [0.5, 0.6) is 5.75 Å². The Morgan fingerprint density at radius 2 is 2.15 bits per heavy atom. The quantitative estimate of drug-likeness (QED) is 0.928. The van der Waals surface area contributed by atoms with Crippen molar-refractivity contribution < 1.29 is 22.7 Å². The van der Waals surface area contributed by atoms with Gasteiger partial charge in [0, 0.05) is 12.1 Å². The summed E-state index contributed by atoms with van der Waals surface area (Å²) < 4.78 is 42.2. The predicted octanol–water partition coefficient (Wildman–Crippen LogP) is 2.65. The number of hydrogen-bond acceptors (Lipinski definition) is 3. The Balaban J connectivity index is 2.05. The summed E-state index contributed by atoms with van der Waals surface area (Å²) in [5.41, 5.74) is 1.45. The fourth-order valence-electron chi connectivity index (χ4n) is 1.83. The van der Waals surface area contributed by atoms with Gasteiger partial charge in [-0.3, -0.25) is 4.79 Å². The molecular formula is C13H11F3N2O2. The SMILES string of the molecule is N#CC(COc1ccc2c(c1)CCC(=O)N2)C(F)(F)F. The van der Waals surface area contributed by atoms with E-state index in [1.807, 2.05) is 0 Å². The summed E-state index contributed by atoms with van der Waals surface area (Å²) in [4.78, 5) is 11.2. The van der Waals surface area contributed by atoms with Crippen molar-refractivity contribution in [2.24, 2.45) is 5.92 Å². The molecule has 0 fully saturated rings. The lowest BCUT2D eigenvalue weighted by molar-refractivity contribution is -0.165. The zero-order valence-electron chi connectivity index (χ0n) is 10.3. The molecule has 1 aromatic carbocycles. The summed E-state index contributed by atoms with van der Waals surface area (Å²) in [6.07, 6.45) is -3.75. The number of nitriles is 1. The molecule has 0 bridgehead atoms. The van der Waals surface area contributed by atoms with Crippen molar-refractivity contribution in [1.29, 1.82) is 5.26 Å². The Morgan fingerprint density at radius 3 is 2.80 bits per heavy atom. The Kier molecular flexibility index (Phi) is 3.84. The van der Waals surface area contributed by atoms with Gasteiger partial charge in [0.2, 0.25) is 5.91 Å². The minimum absolute atomic E-state index is 0.0900. The maximum Gasteiger partial charge on any atom is 0.407 e. The molecule has 2 rings (SSSR count). The largest absolute Gasteiger partial charge is 0.492 e. The van der Waals surface area contributed by atoms with Gasteiger partial charge < -0.3 is 10.1 Å². The highest BCUT2D eigenvalue weighted by Crippen LogP contribution is 2.29. The molecule has 1 N–H and O–H groups in total. The number of ether oxygens (including phenoxy) is 1. The van der Waals surface area contributed by atoms with Crippen molar-refractivity contribution in [3.63, 3.8) is 0 Å². The summed E-state index contributed by atoms with van der Waals surface area (Å²) in [5.74, 6) is -1.99. The molecule has 1 heterocycles. The van der Waals surface area contributed by atoms with Crippen LogP contribution in [0, 0.1) is 17.2 Å². The van der Waals surface area contributed by atoms with Crippen molar-refractivity contribution in [3.05, 3.63) is 23.8 Å². The molecule has 20 heavy (non-hydrogen) atoms. The second-order valence-electron chi connectivity index (χ2n) is 4.40. The molecule has 0 aromatic heterocycles. The van der Waals surface area contributed by atoms with Crippen LogP contribution < -0.4 is 10.1 Å². The molecule has 0 aliphatic carbocycles. The Morgan fingerprint density at radius 1 is 1.40 bits per heavy atom. The Bertz CT molecular complexity index is 564. The van der Waals surface area contributed by atoms with E-state index in [-0.39, 0.29) is 11.7 Å². The standard InChI is InChI=1S/C13H11F3N2O2/c14-13(15,16)9(6-17)7-20-10-2-3-11-8(5-10)1-4-12(19)18-11/h2-3,5,9H,1,4,7H2,(H,18,19). The van der Waals surface area contributed by atoms with Gasteiger partial charge in [-0.25, -0.2) is 0 Å². The number of carbonyl (C=O) groups is 1. The predicted molar refractivity (Wildman–Crippen MR) is 64.0 cm³/mol.